The average Bonchev–Trinajstić information content (AvgIpc) is 3.03. The summed E-state index contributed by atoms with van der Waals surface area (Å²) in [5.74, 6) is 2.75. The number of hydrogen-bond donors (Lipinski definition) is 1. The lowest BCUT2D eigenvalue weighted by Crippen LogP contribution is -2.50. The molecule has 4 aliphatic rings. The number of nitrogens with one attached hydrogen (secondary N) is 1. The van der Waals surface area contributed by atoms with Gasteiger partial charge in [0.25, 0.3) is 0 Å². The third kappa shape index (κ3) is 7.81. The van der Waals surface area contributed by atoms with Crippen molar-refractivity contribution in [3.8, 4) is 35.1 Å². The number of amides is 1. The van der Waals surface area contributed by atoms with Crippen molar-refractivity contribution < 1.29 is 28.5 Å². The van der Waals surface area contributed by atoms with Crippen LogP contribution < -0.4 is 34.1 Å². The van der Waals surface area contributed by atoms with E-state index in [0.29, 0.717) is 81.0 Å². The molecular formula is C31H39ClN6O6. The molecule has 0 aliphatic carbocycles. The summed E-state index contributed by atoms with van der Waals surface area (Å²) in [4.78, 5) is 18.3. The number of ether oxygens (including phenoxy) is 5. The lowest BCUT2D eigenvalue weighted by atomic mass is 10.1. The molecule has 6 rings (SSSR count). The molecule has 0 atom stereocenters. The van der Waals surface area contributed by atoms with Crippen molar-refractivity contribution in [2.45, 2.75) is 26.4 Å². The van der Waals surface area contributed by atoms with Crippen LogP contribution in [-0.4, -0.2) is 95.4 Å². The SMILES string of the molecule is CC(C)(C)OC(=O)N1CCN(c2cc(C#N)cc3c2OCCO3)CC1.Cl.N#Cc1cc2c(c(N3CCNCC3)c1)OCCO2. The van der Waals surface area contributed by atoms with Crippen molar-refractivity contribution in [3.05, 3.63) is 35.4 Å². The van der Waals surface area contributed by atoms with Gasteiger partial charge in [-0.05, 0) is 32.9 Å². The summed E-state index contributed by atoms with van der Waals surface area (Å²) in [7, 11) is 0. The lowest BCUT2D eigenvalue weighted by molar-refractivity contribution is 0.0240. The minimum absolute atomic E-state index is 0. The fourth-order valence-corrected chi connectivity index (χ4v) is 5.23. The minimum Gasteiger partial charge on any atom is -0.486 e. The van der Waals surface area contributed by atoms with E-state index in [9.17, 15) is 10.1 Å². The molecule has 0 unspecified atom stereocenters. The second kappa shape index (κ2) is 14.5. The number of nitrogens with zero attached hydrogens (tertiary/aromatic N) is 5. The van der Waals surface area contributed by atoms with Gasteiger partial charge in [-0.15, -0.1) is 12.4 Å². The molecule has 12 nitrogen and oxygen atoms in total. The van der Waals surface area contributed by atoms with Crippen LogP contribution in [0.4, 0.5) is 16.2 Å². The summed E-state index contributed by atoms with van der Waals surface area (Å²) < 4.78 is 28.1. The molecule has 0 bridgehead atoms. The molecule has 13 heteroatoms. The number of carbonyl (C=O) groups excluding carboxylic acids is 1. The quantitative estimate of drug-likeness (QED) is 0.525. The fraction of sp³-hybridized carbons (Fsp3) is 0.516. The van der Waals surface area contributed by atoms with E-state index in [4.69, 9.17) is 28.9 Å². The zero-order valence-electron chi connectivity index (χ0n) is 25.4. The van der Waals surface area contributed by atoms with Crippen molar-refractivity contribution in [3.63, 3.8) is 0 Å². The van der Waals surface area contributed by atoms with E-state index in [-0.39, 0.29) is 18.5 Å². The van der Waals surface area contributed by atoms with E-state index >= 15 is 0 Å². The molecule has 4 aliphatic heterocycles. The molecule has 2 saturated heterocycles. The highest BCUT2D eigenvalue weighted by Crippen LogP contribution is 2.42. The van der Waals surface area contributed by atoms with Gasteiger partial charge in [0.15, 0.2) is 23.0 Å². The van der Waals surface area contributed by atoms with Gasteiger partial charge in [-0.3, -0.25) is 0 Å². The third-order valence-corrected chi connectivity index (χ3v) is 7.23. The maximum Gasteiger partial charge on any atom is 0.410 e. The number of benzene rings is 2. The molecule has 236 valence electrons. The minimum atomic E-state index is -0.500. The summed E-state index contributed by atoms with van der Waals surface area (Å²) in [6.45, 7) is 13.8. The van der Waals surface area contributed by atoms with E-state index < -0.39 is 5.60 Å². The highest BCUT2D eigenvalue weighted by molar-refractivity contribution is 5.85. The van der Waals surface area contributed by atoms with Gasteiger partial charge in [0, 0.05) is 64.5 Å². The molecule has 0 spiro atoms. The van der Waals surface area contributed by atoms with E-state index in [1.54, 1.807) is 17.0 Å². The Morgan fingerprint density at radius 3 is 1.66 bits per heavy atom. The highest BCUT2D eigenvalue weighted by Gasteiger charge is 2.29. The Bertz CT molecular complexity index is 1400. The van der Waals surface area contributed by atoms with E-state index in [0.717, 1.165) is 43.3 Å². The highest BCUT2D eigenvalue weighted by atomic mass is 35.5. The van der Waals surface area contributed by atoms with Crippen LogP contribution in [0.1, 0.15) is 31.9 Å². The first-order chi connectivity index (χ1) is 20.8. The molecule has 1 N–H and O–H groups in total. The van der Waals surface area contributed by atoms with E-state index in [1.807, 2.05) is 32.9 Å². The van der Waals surface area contributed by atoms with Crippen molar-refractivity contribution in [1.29, 1.82) is 10.5 Å². The summed E-state index contributed by atoms with van der Waals surface area (Å²) in [5, 5.41) is 21.6. The van der Waals surface area contributed by atoms with Crippen LogP contribution >= 0.6 is 12.4 Å². The van der Waals surface area contributed by atoms with Crippen LogP contribution in [0.3, 0.4) is 0 Å². The van der Waals surface area contributed by atoms with Crippen LogP contribution in [0.15, 0.2) is 24.3 Å². The van der Waals surface area contributed by atoms with Crippen molar-refractivity contribution in [1.82, 2.24) is 10.2 Å². The lowest BCUT2D eigenvalue weighted by Gasteiger charge is -2.37. The molecule has 1 amide bonds. The van der Waals surface area contributed by atoms with Crippen LogP contribution in [0.5, 0.6) is 23.0 Å². The maximum absolute atomic E-state index is 12.2. The second-order valence-electron chi connectivity index (χ2n) is 11.5. The molecule has 2 aromatic carbocycles. The normalized spacial score (nSPS) is 17.2. The Morgan fingerprint density at radius 1 is 0.750 bits per heavy atom. The Hall–Kier alpha value is -4.26. The smallest absolute Gasteiger partial charge is 0.410 e. The number of nitriles is 2. The largest absolute Gasteiger partial charge is 0.486 e. The first-order valence-electron chi connectivity index (χ1n) is 14.6. The number of halogens is 1. The summed E-state index contributed by atoms with van der Waals surface area (Å²) >= 11 is 0. The maximum atomic E-state index is 12.2. The van der Waals surface area contributed by atoms with Gasteiger partial charge in [0.1, 0.15) is 32.0 Å². The number of rotatable bonds is 2. The molecule has 0 aromatic heterocycles. The average molecular weight is 627 g/mol. The molecule has 44 heavy (non-hydrogen) atoms. The molecule has 2 fully saturated rings. The molecule has 2 aromatic rings. The van der Waals surface area contributed by atoms with Crippen LogP contribution in [0.25, 0.3) is 0 Å². The number of carbonyl (C=O) groups is 1. The van der Waals surface area contributed by atoms with E-state index in [1.165, 1.54) is 0 Å². The number of piperazine rings is 2. The molecule has 0 radical (unpaired) electrons. The molecule has 0 saturated carbocycles. The number of hydrogen-bond acceptors (Lipinski definition) is 11. The summed E-state index contributed by atoms with van der Waals surface area (Å²) in [6, 6.07) is 11.5. The zero-order chi connectivity index (χ0) is 30.4. The number of anilines is 2. The van der Waals surface area contributed by atoms with Gasteiger partial charge in [0.2, 0.25) is 0 Å². The first-order valence-corrected chi connectivity index (χ1v) is 14.6. The van der Waals surface area contributed by atoms with Gasteiger partial charge >= 0.3 is 6.09 Å². The van der Waals surface area contributed by atoms with Gasteiger partial charge in [-0.2, -0.15) is 10.5 Å². The van der Waals surface area contributed by atoms with Gasteiger partial charge in [-0.1, -0.05) is 0 Å². The van der Waals surface area contributed by atoms with Crippen LogP contribution in [-0.2, 0) is 4.74 Å². The molecular weight excluding hydrogens is 588 g/mol. The number of fused-ring (bicyclic) bond motifs is 2. The summed E-state index contributed by atoms with van der Waals surface area (Å²) in [6.07, 6.45) is -0.292. The second-order valence-corrected chi connectivity index (χ2v) is 11.5. The Labute approximate surface area is 264 Å². The van der Waals surface area contributed by atoms with Crippen molar-refractivity contribution in [2.75, 3.05) is 88.6 Å². The Balaban J connectivity index is 0.000000206. The van der Waals surface area contributed by atoms with Crippen molar-refractivity contribution in [2.24, 2.45) is 0 Å². The van der Waals surface area contributed by atoms with Gasteiger partial charge in [0.05, 0.1) is 34.6 Å². The monoisotopic (exact) mass is 626 g/mol. The van der Waals surface area contributed by atoms with Crippen LogP contribution in [0, 0.1) is 22.7 Å². The predicted octanol–water partition coefficient (Wildman–Crippen LogP) is 3.55. The van der Waals surface area contributed by atoms with Gasteiger partial charge < -0.3 is 43.7 Å². The Morgan fingerprint density at radius 2 is 1.20 bits per heavy atom. The molecule has 4 heterocycles. The summed E-state index contributed by atoms with van der Waals surface area (Å²) in [5.41, 5.74) is 2.48. The van der Waals surface area contributed by atoms with Crippen LogP contribution in [0.2, 0.25) is 0 Å². The Kier molecular flexibility index (Phi) is 10.7. The van der Waals surface area contributed by atoms with Gasteiger partial charge in [-0.25, -0.2) is 4.79 Å². The van der Waals surface area contributed by atoms with Crippen molar-refractivity contribution >= 4 is 29.9 Å². The standard InChI is InChI=1S/C18H23N3O4.C13H15N3O2.ClH/c1-18(2,3)25-17(22)21-6-4-20(5-7-21)14-10-13(12-19)11-15-16(14)24-9-8-23-15;14-9-10-7-11(16-3-1-15-2-4-16)13-12(8-10)17-5-6-18-13;/h10-11H,4-9H2,1-3H3;7-8,15H,1-6H2;1H. The van der Waals surface area contributed by atoms with E-state index in [2.05, 4.69) is 27.3 Å². The fourth-order valence-electron chi connectivity index (χ4n) is 5.23. The third-order valence-electron chi connectivity index (χ3n) is 7.23. The topological polar surface area (TPSA) is 133 Å². The zero-order valence-corrected chi connectivity index (χ0v) is 26.2. The first kappa shape index (κ1) is 32.6. The predicted molar refractivity (Wildman–Crippen MR) is 167 cm³/mol.